The smallest absolute Gasteiger partial charge is 0.311 e. The van der Waals surface area contributed by atoms with Crippen LogP contribution in [0.15, 0.2) is 42.5 Å². The van der Waals surface area contributed by atoms with E-state index in [4.69, 9.17) is 4.74 Å². The number of piperidine rings is 1. The fourth-order valence-corrected chi connectivity index (χ4v) is 4.02. The van der Waals surface area contributed by atoms with Crippen molar-refractivity contribution in [2.24, 2.45) is 5.92 Å². The van der Waals surface area contributed by atoms with Gasteiger partial charge in [0.05, 0.1) is 5.92 Å². The number of fused-ring (bicyclic) bond motifs is 1. The number of benzene rings is 2. The van der Waals surface area contributed by atoms with E-state index >= 15 is 0 Å². The Labute approximate surface area is 184 Å². The molecule has 4 rings (SSSR count). The molecule has 2 aromatic rings. The SMILES string of the molecule is O=C1CCc2cc(C(=O)COC(=O)[C@@H]3CCCN(C(=O)c4ccc(F)cc4)C3)ccc2N1. The van der Waals surface area contributed by atoms with E-state index in [0.717, 1.165) is 5.56 Å². The third-order valence-corrected chi connectivity index (χ3v) is 5.80. The third-order valence-electron chi connectivity index (χ3n) is 5.80. The Balaban J connectivity index is 1.32. The summed E-state index contributed by atoms with van der Waals surface area (Å²) in [7, 11) is 0. The van der Waals surface area contributed by atoms with Crippen LogP contribution in [0.4, 0.5) is 10.1 Å². The Morgan fingerprint density at radius 1 is 1.06 bits per heavy atom. The lowest BCUT2D eigenvalue weighted by atomic mass is 9.97. The number of hydrogen-bond acceptors (Lipinski definition) is 5. The van der Waals surface area contributed by atoms with Gasteiger partial charge in [0, 0.05) is 36.3 Å². The second-order valence-corrected chi connectivity index (χ2v) is 8.05. The van der Waals surface area contributed by atoms with E-state index in [0.29, 0.717) is 49.0 Å². The van der Waals surface area contributed by atoms with Gasteiger partial charge in [-0.3, -0.25) is 19.2 Å². The Morgan fingerprint density at radius 3 is 2.59 bits per heavy atom. The molecule has 0 aliphatic carbocycles. The normalized spacial score (nSPS) is 17.8. The molecule has 1 saturated heterocycles. The summed E-state index contributed by atoms with van der Waals surface area (Å²) in [4.78, 5) is 50.7. The molecule has 0 unspecified atom stereocenters. The third kappa shape index (κ3) is 4.85. The zero-order valence-corrected chi connectivity index (χ0v) is 17.4. The van der Waals surface area contributed by atoms with E-state index in [-0.39, 0.29) is 30.7 Å². The maximum absolute atomic E-state index is 13.1. The van der Waals surface area contributed by atoms with Gasteiger partial charge in [0.15, 0.2) is 12.4 Å². The average molecular weight is 438 g/mol. The maximum Gasteiger partial charge on any atom is 0.311 e. The lowest BCUT2D eigenvalue weighted by Gasteiger charge is -2.31. The van der Waals surface area contributed by atoms with Crippen LogP contribution in [0.5, 0.6) is 0 Å². The van der Waals surface area contributed by atoms with Crippen molar-refractivity contribution in [3.63, 3.8) is 0 Å². The maximum atomic E-state index is 13.1. The summed E-state index contributed by atoms with van der Waals surface area (Å²) in [5, 5.41) is 2.76. The number of anilines is 1. The van der Waals surface area contributed by atoms with Crippen molar-refractivity contribution >= 4 is 29.3 Å². The van der Waals surface area contributed by atoms with Gasteiger partial charge in [-0.25, -0.2) is 4.39 Å². The van der Waals surface area contributed by atoms with Crippen LogP contribution in [-0.2, 0) is 20.7 Å². The van der Waals surface area contributed by atoms with Crippen molar-refractivity contribution in [2.75, 3.05) is 25.0 Å². The summed E-state index contributed by atoms with van der Waals surface area (Å²) in [5.41, 5.74) is 2.36. The van der Waals surface area contributed by atoms with Crippen LogP contribution >= 0.6 is 0 Å². The van der Waals surface area contributed by atoms with E-state index in [1.807, 2.05) is 0 Å². The Hall–Kier alpha value is -3.55. The van der Waals surface area contributed by atoms with Gasteiger partial charge in [-0.2, -0.15) is 0 Å². The number of nitrogens with zero attached hydrogens (tertiary/aromatic N) is 1. The lowest BCUT2D eigenvalue weighted by molar-refractivity contribution is -0.148. The summed E-state index contributed by atoms with van der Waals surface area (Å²) in [6, 6.07) is 10.3. The first kappa shape index (κ1) is 21.7. The minimum absolute atomic E-state index is 0.0510. The Morgan fingerprint density at radius 2 is 1.81 bits per heavy atom. The van der Waals surface area contributed by atoms with Gasteiger partial charge in [0.1, 0.15) is 5.82 Å². The van der Waals surface area contributed by atoms with E-state index in [1.54, 1.807) is 23.1 Å². The Kier molecular flexibility index (Phi) is 6.30. The van der Waals surface area contributed by atoms with Crippen LogP contribution in [-0.4, -0.2) is 48.2 Å². The molecule has 2 aliphatic rings. The number of nitrogens with one attached hydrogen (secondary N) is 1. The monoisotopic (exact) mass is 438 g/mol. The Bertz CT molecular complexity index is 1070. The first-order valence-electron chi connectivity index (χ1n) is 10.6. The van der Waals surface area contributed by atoms with Crippen molar-refractivity contribution in [1.82, 2.24) is 4.90 Å². The van der Waals surface area contributed by atoms with Gasteiger partial charge in [-0.1, -0.05) is 0 Å². The molecule has 166 valence electrons. The molecule has 32 heavy (non-hydrogen) atoms. The van der Waals surface area contributed by atoms with Gasteiger partial charge >= 0.3 is 5.97 Å². The van der Waals surface area contributed by atoms with Crippen LogP contribution < -0.4 is 5.32 Å². The van der Waals surface area contributed by atoms with Gasteiger partial charge in [-0.05, 0) is 67.3 Å². The zero-order valence-electron chi connectivity index (χ0n) is 17.4. The second-order valence-electron chi connectivity index (χ2n) is 8.05. The minimum Gasteiger partial charge on any atom is -0.457 e. The molecule has 1 fully saturated rings. The number of likely N-dealkylation sites (tertiary alicyclic amines) is 1. The second kappa shape index (κ2) is 9.30. The minimum atomic E-state index is -0.514. The molecule has 2 heterocycles. The van der Waals surface area contributed by atoms with Crippen LogP contribution in [0, 0.1) is 11.7 Å². The summed E-state index contributed by atoms with van der Waals surface area (Å²) in [6.45, 7) is 0.318. The molecule has 2 aliphatic heterocycles. The summed E-state index contributed by atoms with van der Waals surface area (Å²) >= 11 is 0. The summed E-state index contributed by atoms with van der Waals surface area (Å²) in [6.07, 6.45) is 2.13. The molecule has 0 radical (unpaired) electrons. The van der Waals surface area contributed by atoms with E-state index in [1.165, 1.54) is 24.3 Å². The molecule has 2 amide bonds. The summed E-state index contributed by atoms with van der Waals surface area (Å²) < 4.78 is 18.4. The number of halogens is 1. The fourth-order valence-electron chi connectivity index (χ4n) is 4.02. The quantitative estimate of drug-likeness (QED) is 0.572. The number of amides is 2. The van der Waals surface area contributed by atoms with Gasteiger partial charge in [0.2, 0.25) is 5.91 Å². The van der Waals surface area contributed by atoms with E-state index < -0.39 is 17.7 Å². The van der Waals surface area contributed by atoms with Crippen LogP contribution in [0.2, 0.25) is 0 Å². The number of carbonyl (C=O) groups excluding carboxylic acids is 4. The molecule has 0 saturated carbocycles. The molecule has 0 spiro atoms. The number of aryl methyl sites for hydroxylation is 1. The molecular formula is C24H23FN2O5. The molecule has 0 aromatic heterocycles. The first-order chi connectivity index (χ1) is 15.4. The van der Waals surface area contributed by atoms with Crippen LogP contribution in [0.25, 0.3) is 0 Å². The number of ketones is 1. The predicted molar refractivity (Wildman–Crippen MR) is 114 cm³/mol. The number of hydrogen-bond donors (Lipinski definition) is 1. The highest BCUT2D eigenvalue weighted by atomic mass is 19.1. The number of esters is 1. The molecule has 8 heteroatoms. The zero-order chi connectivity index (χ0) is 22.7. The summed E-state index contributed by atoms with van der Waals surface area (Å²) in [5.74, 6) is -2.09. The van der Waals surface area contributed by atoms with Crippen molar-refractivity contribution in [3.8, 4) is 0 Å². The number of ether oxygens (including phenoxy) is 1. The van der Waals surface area contributed by atoms with Gasteiger partial charge in [0.25, 0.3) is 5.91 Å². The standard InChI is InChI=1S/C24H23FN2O5/c25-19-7-3-15(4-8-19)23(30)27-11-1-2-18(13-27)24(31)32-14-21(28)17-5-9-20-16(12-17)6-10-22(29)26-20/h3-5,7-9,12,18H,1-2,6,10-11,13-14H2,(H,26,29)/t18-/m1/s1. The largest absolute Gasteiger partial charge is 0.457 e. The van der Waals surface area contributed by atoms with Crippen molar-refractivity contribution in [2.45, 2.75) is 25.7 Å². The first-order valence-corrected chi connectivity index (χ1v) is 10.6. The van der Waals surface area contributed by atoms with Crippen molar-refractivity contribution in [1.29, 1.82) is 0 Å². The molecule has 1 atom stereocenters. The highest BCUT2D eigenvalue weighted by molar-refractivity contribution is 6.00. The molecular weight excluding hydrogens is 415 g/mol. The van der Waals surface area contributed by atoms with Gasteiger partial charge < -0.3 is 15.0 Å². The molecule has 7 nitrogen and oxygen atoms in total. The predicted octanol–water partition coefficient (Wildman–Crippen LogP) is 2.99. The van der Waals surface area contributed by atoms with Gasteiger partial charge in [-0.15, -0.1) is 0 Å². The number of Topliss-reactive ketones (excluding diaryl/α,β-unsaturated/α-hetero) is 1. The fraction of sp³-hybridized carbons (Fsp3) is 0.333. The molecule has 0 bridgehead atoms. The number of carbonyl (C=O) groups is 4. The van der Waals surface area contributed by atoms with Crippen LogP contribution in [0.1, 0.15) is 45.5 Å². The van der Waals surface area contributed by atoms with E-state index in [2.05, 4.69) is 5.32 Å². The van der Waals surface area contributed by atoms with Crippen LogP contribution in [0.3, 0.4) is 0 Å². The highest BCUT2D eigenvalue weighted by Gasteiger charge is 2.30. The number of rotatable bonds is 5. The highest BCUT2D eigenvalue weighted by Crippen LogP contribution is 2.24. The topological polar surface area (TPSA) is 92.8 Å². The average Bonchev–Trinajstić information content (AvgIpc) is 2.82. The molecule has 2 aromatic carbocycles. The lowest BCUT2D eigenvalue weighted by Crippen LogP contribution is -2.43. The van der Waals surface area contributed by atoms with Crippen molar-refractivity contribution < 1.29 is 28.3 Å². The van der Waals surface area contributed by atoms with E-state index in [9.17, 15) is 23.6 Å². The van der Waals surface area contributed by atoms with Crippen molar-refractivity contribution in [3.05, 3.63) is 65.0 Å². The molecule has 1 N–H and O–H groups in total.